The van der Waals surface area contributed by atoms with Crippen molar-refractivity contribution in [2.75, 3.05) is 13.2 Å². The number of halogens is 2. The van der Waals surface area contributed by atoms with E-state index in [9.17, 15) is 14.3 Å². The second-order valence-corrected chi connectivity index (χ2v) is 6.34. The molecule has 3 rings (SSSR count). The van der Waals surface area contributed by atoms with Crippen LogP contribution in [0.15, 0.2) is 42.7 Å². The summed E-state index contributed by atoms with van der Waals surface area (Å²) >= 11 is 6.09. The smallest absolute Gasteiger partial charge is 0.226 e. The zero-order chi connectivity index (χ0) is 17.1. The topological polar surface area (TPSA) is 53.4 Å². The second-order valence-electron chi connectivity index (χ2n) is 5.93. The number of aliphatic hydroxyl groups excluding tert-OH is 1. The quantitative estimate of drug-likeness (QED) is 0.873. The lowest BCUT2D eigenvalue weighted by Crippen LogP contribution is -2.34. The molecule has 0 saturated heterocycles. The van der Waals surface area contributed by atoms with Crippen molar-refractivity contribution in [2.45, 2.75) is 18.9 Å². The van der Waals surface area contributed by atoms with Gasteiger partial charge >= 0.3 is 0 Å². The molecule has 0 aliphatic heterocycles. The van der Waals surface area contributed by atoms with Crippen molar-refractivity contribution in [3.63, 3.8) is 0 Å². The van der Waals surface area contributed by atoms with Crippen LogP contribution >= 0.6 is 11.6 Å². The van der Waals surface area contributed by atoms with Crippen LogP contribution in [0.3, 0.4) is 0 Å². The molecule has 2 atom stereocenters. The van der Waals surface area contributed by atoms with Gasteiger partial charge in [0.05, 0.1) is 6.61 Å². The van der Waals surface area contributed by atoms with Gasteiger partial charge in [0.1, 0.15) is 5.82 Å². The summed E-state index contributed by atoms with van der Waals surface area (Å²) in [4.78, 5) is 18.4. The molecule has 1 aromatic heterocycles. The molecule has 1 N–H and O–H groups in total. The summed E-state index contributed by atoms with van der Waals surface area (Å²) in [7, 11) is 0. The Hall–Kier alpha value is -1.98. The van der Waals surface area contributed by atoms with Crippen molar-refractivity contribution in [3.05, 3.63) is 64.7 Å². The first-order chi connectivity index (χ1) is 11.6. The van der Waals surface area contributed by atoms with Gasteiger partial charge in [0.2, 0.25) is 5.91 Å². The lowest BCUT2D eigenvalue weighted by atomic mass is 10.1. The highest BCUT2D eigenvalue weighted by Crippen LogP contribution is 2.51. The fraction of sp³-hybridized carbons (Fsp3) is 0.333. The van der Waals surface area contributed by atoms with Gasteiger partial charge in [-0.25, -0.2) is 4.39 Å². The summed E-state index contributed by atoms with van der Waals surface area (Å²) in [6.07, 6.45) is 3.93. The molecule has 126 valence electrons. The molecule has 2 aromatic rings. The number of rotatable bonds is 6. The van der Waals surface area contributed by atoms with Gasteiger partial charge in [-0.15, -0.1) is 0 Å². The van der Waals surface area contributed by atoms with Crippen LogP contribution in [0.25, 0.3) is 0 Å². The largest absolute Gasteiger partial charge is 0.395 e. The molecular formula is C18H18ClFN2O2. The van der Waals surface area contributed by atoms with E-state index < -0.39 is 0 Å². The van der Waals surface area contributed by atoms with Crippen molar-refractivity contribution in [1.82, 2.24) is 9.88 Å². The first-order valence-electron chi connectivity index (χ1n) is 7.84. The zero-order valence-electron chi connectivity index (χ0n) is 13.0. The Kier molecular flexibility index (Phi) is 5.11. The molecule has 1 aliphatic carbocycles. The molecule has 0 unspecified atom stereocenters. The van der Waals surface area contributed by atoms with E-state index in [0.717, 1.165) is 5.56 Å². The molecule has 1 aromatic carbocycles. The Morgan fingerprint density at radius 2 is 2.21 bits per heavy atom. The highest BCUT2D eigenvalue weighted by Gasteiger charge is 2.47. The molecular weight excluding hydrogens is 331 g/mol. The fourth-order valence-electron chi connectivity index (χ4n) is 2.99. The van der Waals surface area contributed by atoms with E-state index in [2.05, 4.69) is 4.98 Å². The van der Waals surface area contributed by atoms with Crippen LogP contribution < -0.4 is 0 Å². The maximum absolute atomic E-state index is 14.0. The standard InChI is InChI=1S/C18H18ClFN2O2/c19-15-4-1-5-16(20)17(15)13-9-14(13)18(24)22(7-8-23)11-12-3-2-6-21-10-12/h1-6,10,13-14,23H,7-9,11H2/t13-,14-/m0/s1. The predicted molar refractivity (Wildman–Crippen MR) is 89.0 cm³/mol. The highest BCUT2D eigenvalue weighted by atomic mass is 35.5. The molecule has 24 heavy (non-hydrogen) atoms. The molecule has 0 spiro atoms. The minimum absolute atomic E-state index is 0.0859. The Labute approximate surface area is 144 Å². The molecule has 1 heterocycles. The molecule has 0 bridgehead atoms. The Bertz CT molecular complexity index is 706. The zero-order valence-corrected chi connectivity index (χ0v) is 13.8. The predicted octanol–water partition coefficient (Wildman–Crippen LogP) is 3.00. The number of aromatic nitrogens is 1. The fourth-order valence-corrected chi connectivity index (χ4v) is 3.29. The second kappa shape index (κ2) is 7.28. The Balaban J connectivity index is 1.73. The monoisotopic (exact) mass is 348 g/mol. The minimum atomic E-state index is -0.372. The summed E-state index contributed by atoms with van der Waals surface area (Å²) < 4.78 is 14.0. The Morgan fingerprint density at radius 3 is 2.88 bits per heavy atom. The molecule has 1 aliphatic rings. The van der Waals surface area contributed by atoms with Crippen molar-refractivity contribution >= 4 is 17.5 Å². The number of nitrogens with zero attached hydrogens (tertiary/aromatic N) is 2. The van der Waals surface area contributed by atoms with Crippen molar-refractivity contribution < 1.29 is 14.3 Å². The van der Waals surface area contributed by atoms with Crippen LogP contribution in [0, 0.1) is 11.7 Å². The van der Waals surface area contributed by atoms with Crippen LogP contribution in [0.1, 0.15) is 23.5 Å². The van der Waals surface area contributed by atoms with Crippen LogP contribution in [0.2, 0.25) is 5.02 Å². The third kappa shape index (κ3) is 3.57. The molecule has 0 radical (unpaired) electrons. The maximum Gasteiger partial charge on any atom is 0.226 e. The van der Waals surface area contributed by atoms with Gasteiger partial charge in [-0.2, -0.15) is 0 Å². The number of carbonyl (C=O) groups is 1. The lowest BCUT2D eigenvalue weighted by Gasteiger charge is -2.22. The highest BCUT2D eigenvalue weighted by molar-refractivity contribution is 6.31. The first kappa shape index (κ1) is 16.9. The number of benzene rings is 1. The average Bonchev–Trinajstić information content (AvgIpc) is 3.35. The molecule has 1 amide bonds. The SMILES string of the molecule is O=C([C@H]1C[C@@H]1c1c(F)cccc1Cl)N(CCO)Cc1cccnc1. The normalized spacial score (nSPS) is 19.1. The third-order valence-electron chi connectivity index (χ3n) is 4.26. The summed E-state index contributed by atoms with van der Waals surface area (Å²) in [5.41, 5.74) is 1.31. The summed E-state index contributed by atoms with van der Waals surface area (Å²) in [5, 5.41) is 9.60. The van der Waals surface area contributed by atoms with Crippen molar-refractivity contribution in [2.24, 2.45) is 5.92 Å². The van der Waals surface area contributed by atoms with Crippen LogP contribution in [-0.4, -0.2) is 34.0 Å². The van der Waals surface area contributed by atoms with Gasteiger partial charge in [0.15, 0.2) is 0 Å². The van der Waals surface area contributed by atoms with E-state index in [0.29, 0.717) is 23.6 Å². The van der Waals surface area contributed by atoms with Crippen LogP contribution in [0.5, 0.6) is 0 Å². The maximum atomic E-state index is 14.0. The number of carbonyl (C=O) groups excluding carboxylic acids is 1. The lowest BCUT2D eigenvalue weighted by molar-refractivity contribution is -0.133. The van der Waals surface area contributed by atoms with Crippen molar-refractivity contribution in [1.29, 1.82) is 0 Å². The first-order valence-corrected chi connectivity index (χ1v) is 8.22. The Morgan fingerprint density at radius 1 is 1.38 bits per heavy atom. The van der Waals surface area contributed by atoms with E-state index >= 15 is 0 Å². The molecule has 6 heteroatoms. The van der Waals surface area contributed by atoms with E-state index in [4.69, 9.17) is 11.6 Å². The van der Waals surface area contributed by atoms with Gasteiger partial charge < -0.3 is 10.0 Å². The number of aliphatic hydroxyl groups is 1. The third-order valence-corrected chi connectivity index (χ3v) is 4.59. The average molecular weight is 349 g/mol. The van der Waals surface area contributed by atoms with E-state index in [1.165, 1.54) is 6.07 Å². The van der Waals surface area contributed by atoms with Gasteiger partial charge in [-0.3, -0.25) is 9.78 Å². The number of amides is 1. The summed E-state index contributed by atoms with van der Waals surface area (Å²) in [6.45, 7) is 0.493. The van der Waals surface area contributed by atoms with Gasteiger partial charge in [0, 0.05) is 47.9 Å². The molecule has 1 saturated carbocycles. The number of pyridine rings is 1. The summed E-state index contributed by atoms with van der Waals surface area (Å²) in [5.74, 6) is -0.940. The number of hydrogen-bond donors (Lipinski definition) is 1. The van der Waals surface area contributed by atoms with Gasteiger partial charge in [-0.05, 0) is 30.2 Å². The van der Waals surface area contributed by atoms with Gasteiger partial charge in [-0.1, -0.05) is 23.7 Å². The van der Waals surface area contributed by atoms with Gasteiger partial charge in [0.25, 0.3) is 0 Å². The molecule has 1 fully saturated rings. The van der Waals surface area contributed by atoms with E-state index in [1.807, 2.05) is 6.07 Å². The minimum Gasteiger partial charge on any atom is -0.395 e. The van der Waals surface area contributed by atoms with E-state index in [-0.39, 0.29) is 36.7 Å². The molecule has 4 nitrogen and oxygen atoms in total. The van der Waals surface area contributed by atoms with Crippen LogP contribution in [-0.2, 0) is 11.3 Å². The van der Waals surface area contributed by atoms with Crippen molar-refractivity contribution in [3.8, 4) is 0 Å². The van der Waals surface area contributed by atoms with Crippen LogP contribution in [0.4, 0.5) is 4.39 Å². The summed E-state index contributed by atoms with van der Waals surface area (Å²) in [6, 6.07) is 8.24. The number of hydrogen-bond acceptors (Lipinski definition) is 3. The van der Waals surface area contributed by atoms with E-state index in [1.54, 1.807) is 35.5 Å².